The van der Waals surface area contributed by atoms with E-state index in [4.69, 9.17) is 13.6 Å². The third kappa shape index (κ3) is 4.38. The van der Waals surface area contributed by atoms with Crippen molar-refractivity contribution in [2.24, 2.45) is 0 Å². The molecule has 0 radical (unpaired) electrons. The van der Waals surface area contributed by atoms with Gasteiger partial charge in [-0.25, -0.2) is 19.2 Å². The first-order chi connectivity index (χ1) is 11.9. The second-order valence-electron chi connectivity index (χ2n) is 5.64. The van der Waals surface area contributed by atoms with Crippen LogP contribution in [0.5, 0.6) is 5.75 Å². The summed E-state index contributed by atoms with van der Waals surface area (Å²) in [7, 11) is -2.79. The van der Waals surface area contributed by atoms with Gasteiger partial charge in [-0.05, 0) is 32.9 Å². The number of benzene rings is 1. The molecule has 0 aliphatic carbocycles. The summed E-state index contributed by atoms with van der Waals surface area (Å²) in [5.74, 6) is -0.779. The van der Waals surface area contributed by atoms with Gasteiger partial charge >= 0.3 is 6.09 Å². The monoisotopic (exact) mass is 322 g/mol. The normalized spacial score (nSPS) is 13.5. The molecule has 0 saturated carbocycles. The molecular weight excluding hydrogens is 301 g/mol. The Balaban J connectivity index is 2.46. The maximum Gasteiger partial charge on any atom is 0.412 e. The average Bonchev–Trinajstić information content (AvgIpc) is 2.46. The molecule has 1 N–H and O–H groups in total. The van der Waals surface area contributed by atoms with E-state index in [1.807, 2.05) is 0 Å². The topological polar surface area (TPSA) is 73.3 Å². The summed E-state index contributed by atoms with van der Waals surface area (Å²) >= 11 is 0. The van der Waals surface area contributed by atoms with Gasteiger partial charge in [-0.1, -0.05) is 6.07 Å². The van der Waals surface area contributed by atoms with Crippen molar-refractivity contribution < 1.29 is 22.8 Å². The first kappa shape index (κ1) is 12.8. The van der Waals surface area contributed by atoms with Gasteiger partial charge in [-0.3, -0.25) is 5.32 Å². The van der Waals surface area contributed by atoms with Crippen LogP contribution in [0.2, 0.25) is 0 Å². The Morgan fingerprint density at radius 2 is 2.00 bits per heavy atom. The molecule has 0 bridgehead atoms. The molecule has 7 heteroatoms. The molecule has 2 aromatic rings. The number of carbonyl (C=O) groups excluding carboxylic acids is 1. The summed E-state index contributed by atoms with van der Waals surface area (Å²) < 4.78 is 45.3. The Bertz CT molecular complexity index is 790. The maximum atomic E-state index is 13.1. The minimum absolute atomic E-state index is 0.0403. The standard InChI is InChI=1S/C16H18FN3O3/c1-16(2,3)23-15(21)20-12-7-5-6-11(13(12)22-4)14-18-8-10(17)9-19-14/h5-9H,1-4H3,(H,20,21)/i4D3. The second kappa shape index (κ2) is 6.60. The molecule has 2 rings (SSSR count). The number of ether oxygens (including phenoxy) is 2. The van der Waals surface area contributed by atoms with E-state index in [0.29, 0.717) is 0 Å². The summed E-state index contributed by atoms with van der Waals surface area (Å²) in [6.07, 6.45) is 1.09. The Hall–Kier alpha value is -2.70. The Morgan fingerprint density at radius 1 is 1.30 bits per heavy atom. The summed E-state index contributed by atoms with van der Waals surface area (Å²) in [5.41, 5.74) is -0.511. The number of hydrogen-bond donors (Lipinski definition) is 1. The highest BCUT2D eigenvalue weighted by atomic mass is 19.1. The maximum absolute atomic E-state index is 13.1. The molecule has 1 aromatic carbocycles. The van der Waals surface area contributed by atoms with E-state index in [-0.39, 0.29) is 22.8 Å². The number of hydrogen-bond acceptors (Lipinski definition) is 5. The van der Waals surface area contributed by atoms with Crippen molar-refractivity contribution in [1.82, 2.24) is 9.97 Å². The molecule has 1 heterocycles. The number of amides is 1. The van der Waals surface area contributed by atoms with Gasteiger partial charge in [0.15, 0.2) is 17.4 Å². The molecular formula is C16H18FN3O3. The van der Waals surface area contributed by atoms with Crippen LogP contribution in [0.25, 0.3) is 11.4 Å². The van der Waals surface area contributed by atoms with E-state index in [1.165, 1.54) is 12.1 Å². The van der Waals surface area contributed by atoms with Crippen LogP contribution in [0.15, 0.2) is 30.6 Å². The van der Waals surface area contributed by atoms with Crippen LogP contribution in [-0.4, -0.2) is 28.7 Å². The molecule has 0 fully saturated rings. The number of methoxy groups -OCH3 is 1. The Kier molecular flexibility index (Phi) is 3.67. The van der Waals surface area contributed by atoms with Gasteiger partial charge in [0.1, 0.15) is 5.60 Å². The van der Waals surface area contributed by atoms with Crippen molar-refractivity contribution in [2.75, 3.05) is 12.4 Å². The fraction of sp³-hybridized carbons (Fsp3) is 0.312. The zero-order valence-electron chi connectivity index (χ0n) is 15.9. The molecule has 0 atom stereocenters. The van der Waals surface area contributed by atoms with Gasteiger partial charge in [-0.15, -0.1) is 0 Å². The molecule has 1 aromatic heterocycles. The van der Waals surface area contributed by atoms with Crippen molar-refractivity contribution in [3.05, 3.63) is 36.4 Å². The van der Waals surface area contributed by atoms with Crippen LogP contribution in [0.4, 0.5) is 14.9 Å². The van der Waals surface area contributed by atoms with Crippen LogP contribution >= 0.6 is 0 Å². The van der Waals surface area contributed by atoms with Crippen molar-refractivity contribution >= 4 is 11.8 Å². The molecule has 0 spiro atoms. The lowest BCUT2D eigenvalue weighted by Gasteiger charge is -2.20. The molecule has 0 saturated heterocycles. The number of para-hydroxylation sites is 1. The van der Waals surface area contributed by atoms with E-state index in [9.17, 15) is 9.18 Å². The second-order valence-corrected chi connectivity index (χ2v) is 5.64. The van der Waals surface area contributed by atoms with E-state index >= 15 is 0 Å². The number of rotatable bonds is 3. The van der Waals surface area contributed by atoms with Gasteiger partial charge in [0.05, 0.1) is 34.8 Å². The van der Waals surface area contributed by atoms with Gasteiger partial charge in [-0.2, -0.15) is 0 Å². The van der Waals surface area contributed by atoms with E-state index in [2.05, 4.69) is 15.3 Å². The van der Waals surface area contributed by atoms with Crippen molar-refractivity contribution in [3.63, 3.8) is 0 Å². The predicted molar refractivity (Wildman–Crippen MR) is 83.8 cm³/mol. The van der Waals surface area contributed by atoms with Crippen LogP contribution in [-0.2, 0) is 4.74 Å². The summed E-state index contributed by atoms with van der Waals surface area (Å²) in [5, 5.41) is 2.45. The smallest absolute Gasteiger partial charge is 0.412 e. The molecule has 6 nitrogen and oxygen atoms in total. The third-order valence-electron chi connectivity index (χ3n) is 2.61. The lowest BCUT2D eigenvalue weighted by Crippen LogP contribution is -2.27. The lowest BCUT2D eigenvalue weighted by atomic mass is 10.1. The summed E-state index contributed by atoms with van der Waals surface area (Å²) in [6.45, 7) is 5.07. The average molecular weight is 322 g/mol. The fourth-order valence-corrected chi connectivity index (χ4v) is 1.79. The minimum atomic E-state index is -2.79. The molecule has 1 amide bonds. The fourth-order valence-electron chi connectivity index (χ4n) is 1.79. The molecule has 0 aliphatic rings. The number of nitrogens with zero attached hydrogens (tertiary/aromatic N) is 2. The highest BCUT2D eigenvalue weighted by Gasteiger charge is 2.19. The van der Waals surface area contributed by atoms with Crippen LogP contribution < -0.4 is 10.1 Å². The number of aromatic nitrogens is 2. The van der Waals surface area contributed by atoms with E-state index in [1.54, 1.807) is 26.8 Å². The first-order valence-electron chi connectivity index (χ1n) is 8.24. The number of halogens is 1. The Labute approximate surface area is 137 Å². The third-order valence-corrected chi connectivity index (χ3v) is 2.61. The van der Waals surface area contributed by atoms with Crippen molar-refractivity contribution in [3.8, 4) is 17.1 Å². The SMILES string of the molecule is [2H]C([2H])([2H])Oc1c(NC(=O)OC(C)(C)C)cccc1-c1ncc(F)cn1. The number of anilines is 1. The lowest BCUT2D eigenvalue weighted by molar-refractivity contribution is 0.0635. The summed E-state index contributed by atoms with van der Waals surface area (Å²) in [6, 6.07) is 4.48. The van der Waals surface area contributed by atoms with Gasteiger partial charge in [0, 0.05) is 0 Å². The first-order valence-corrected chi connectivity index (χ1v) is 6.74. The zero-order valence-corrected chi connectivity index (χ0v) is 12.9. The molecule has 0 unspecified atom stereocenters. The van der Waals surface area contributed by atoms with Crippen LogP contribution in [0.1, 0.15) is 24.9 Å². The molecule has 0 aliphatic heterocycles. The molecule has 23 heavy (non-hydrogen) atoms. The number of carbonyl (C=O) groups is 1. The highest BCUT2D eigenvalue weighted by molar-refractivity contribution is 5.89. The Morgan fingerprint density at radius 3 is 2.61 bits per heavy atom. The van der Waals surface area contributed by atoms with Crippen LogP contribution in [0.3, 0.4) is 0 Å². The number of nitrogens with one attached hydrogen (secondary N) is 1. The van der Waals surface area contributed by atoms with Crippen LogP contribution in [0, 0.1) is 5.82 Å². The largest absolute Gasteiger partial charge is 0.494 e. The van der Waals surface area contributed by atoms with Gasteiger partial charge in [0.2, 0.25) is 0 Å². The zero-order chi connectivity index (χ0) is 19.5. The van der Waals surface area contributed by atoms with Gasteiger partial charge < -0.3 is 9.47 Å². The van der Waals surface area contributed by atoms with E-state index < -0.39 is 24.5 Å². The van der Waals surface area contributed by atoms with Crippen molar-refractivity contribution in [2.45, 2.75) is 26.4 Å². The molecule has 122 valence electrons. The quantitative estimate of drug-likeness (QED) is 0.934. The van der Waals surface area contributed by atoms with Crippen molar-refractivity contribution in [1.29, 1.82) is 0 Å². The van der Waals surface area contributed by atoms with E-state index in [0.717, 1.165) is 12.4 Å². The predicted octanol–water partition coefficient (Wildman–Crippen LogP) is 3.64. The minimum Gasteiger partial charge on any atom is -0.494 e. The summed E-state index contributed by atoms with van der Waals surface area (Å²) in [4.78, 5) is 19.7. The van der Waals surface area contributed by atoms with Gasteiger partial charge in [0.25, 0.3) is 0 Å². The highest BCUT2D eigenvalue weighted by Crippen LogP contribution is 2.34.